The van der Waals surface area contributed by atoms with E-state index >= 15 is 0 Å². The summed E-state index contributed by atoms with van der Waals surface area (Å²) in [5, 5.41) is 3.30. The van der Waals surface area contributed by atoms with Crippen molar-refractivity contribution in [2.24, 2.45) is 0 Å². The first-order chi connectivity index (χ1) is 9.85. The first-order valence-corrected chi connectivity index (χ1v) is 6.66. The number of rotatable bonds is 4. The van der Waals surface area contributed by atoms with E-state index in [1.54, 1.807) is 18.5 Å². The van der Waals surface area contributed by atoms with Crippen molar-refractivity contribution in [2.45, 2.75) is 32.9 Å². The third-order valence-corrected chi connectivity index (χ3v) is 2.78. The van der Waals surface area contributed by atoms with Crippen molar-refractivity contribution in [3.8, 4) is 11.5 Å². The van der Waals surface area contributed by atoms with Gasteiger partial charge in [0.15, 0.2) is 11.6 Å². The molecule has 0 radical (unpaired) electrons. The Hall–Kier alpha value is -2.01. The van der Waals surface area contributed by atoms with Gasteiger partial charge in [-0.2, -0.15) is 0 Å². The van der Waals surface area contributed by atoms with Crippen LogP contribution >= 0.6 is 0 Å². The van der Waals surface area contributed by atoms with Crippen LogP contribution in [0.1, 0.15) is 26.3 Å². The van der Waals surface area contributed by atoms with E-state index in [0.29, 0.717) is 12.3 Å². The standard InChI is InChI=1S/C16H18F2N2O/c1-16(2,3)20-10-11-9-19-7-6-14(11)21-15-8-12(17)4-5-13(15)18/h4-9,20H,10H2,1-3H3. The molecule has 1 aromatic carbocycles. The minimum Gasteiger partial charge on any atom is -0.454 e. The van der Waals surface area contributed by atoms with Gasteiger partial charge in [-0.05, 0) is 39.0 Å². The largest absolute Gasteiger partial charge is 0.454 e. The van der Waals surface area contributed by atoms with Gasteiger partial charge in [-0.25, -0.2) is 8.78 Å². The molecular formula is C16H18F2N2O. The molecule has 1 aromatic heterocycles. The predicted octanol–water partition coefficient (Wildman–Crippen LogP) is 4.04. The molecular weight excluding hydrogens is 274 g/mol. The Morgan fingerprint density at radius 2 is 1.90 bits per heavy atom. The number of nitrogens with zero attached hydrogens (tertiary/aromatic N) is 1. The summed E-state index contributed by atoms with van der Waals surface area (Å²) in [7, 11) is 0. The van der Waals surface area contributed by atoms with Gasteiger partial charge in [-0.1, -0.05) is 0 Å². The van der Waals surface area contributed by atoms with Gasteiger partial charge in [0.25, 0.3) is 0 Å². The van der Waals surface area contributed by atoms with Crippen molar-refractivity contribution in [1.29, 1.82) is 0 Å². The molecule has 0 spiro atoms. The molecule has 0 unspecified atom stereocenters. The van der Waals surface area contributed by atoms with E-state index in [1.807, 2.05) is 20.8 Å². The summed E-state index contributed by atoms with van der Waals surface area (Å²) < 4.78 is 32.3. The highest BCUT2D eigenvalue weighted by Crippen LogP contribution is 2.27. The van der Waals surface area contributed by atoms with Crippen LogP contribution in [-0.4, -0.2) is 10.5 Å². The minimum absolute atomic E-state index is 0.0722. The van der Waals surface area contributed by atoms with Gasteiger partial charge >= 0.3 is 0 Å². The number of halogens is 2. The van der Waals surface area contributed by atoms with E-state index in [2.05, 4.69) is 10.3 Å². The minimum atomic E-state index is -0.608. The Labute approximate surface area is 123 Å². The first kappa shape index (κ1) is 15.4. The van der Waals surface area contributed by atoms with Crippen LogP contribution in [0.2, 0.25) is 0 Å². The van der Waals surface area contributed by atoms with E-state index in [9.17, 15) is 8.78 Å². The van der Waals surface area contributed by atoms with E-state index in [4.69, 9.17) is 4.74 Å². The number of aromatic nitrogens is 1. The predicted molar refractivity (Wildman–Crippen MR) is 77.3 cm³/mol. The second-order valence-corrected chi connectivity index (χ2v) is 5.76. The molecule has 0 saturated carbocycles. The van der Waals surface area contributed by atoms with Crippen molar-refractivity contribution in [3.05, 3.63) is 53.9 Å². The highest BCUT2D eigenvalue weighted by Gasteiger charge is 2.13. The monoisotopic (exact) mass is 292 g/mol. The summed E-state index contributed by atoms with van der Waals surface area (Å²) in [6.45, 7) is 6.63. The number of hydrogen-bond acceptors (Lipinski definition) is 3. The highest BCUT2D eigenvalue weighted by atomic mass is 19.1. The fraction of sp³-hybridized carbons (Fsp3) is 0.312. The Morgan fingerprint density at radius 3 is 2.62 bits per heavy atom. The second-order valence-electron chi connectivity index (χ2n) is 5.76. The molecule has 0 saturated heterocycles. The van der Waals surface area contributed by atoms with E-state index < -0.39 is 11.6 Å². The van der Waals surface area contributed by atoms with Gasteiger partial charge in [0, 0.05) is 36.1 Å². The van der Waals surface area contributed by atoms with Gasteiger partial charge < -0.3 is 10.1 Å². The van der Waals surface area contributed by atoms with Gasteiger partial charge in [-0.15, -0.1) is 0 Å². The van der Waals surface area contributed by atoms with Crippen molar-refractivity contribution >= 4 is 0 Å². The van der Waals surface area contributed by atoms with Crippen LogP contribution in [0.3, 0.4) is 0 Å². The maximum absolute atomic E-state index is 13.6. The normalized spacial score (nSPS) is 11.5. The van der Waals surface area contributed by atoms with E-state index in [1.165, 1.54) is 0 Å². The SMILES string of the molecule is CC(C)(C)NCc1cnccc1Oc1cc(F)ccc1F. The summed E-state index contributed by atoms with van der Waals surface area (Å²) in [5.74, 6) is -0.845. The summed E-state index contributed by atoms with van der Waals surface area (Å²) in [6, 6.07) is 4.75. The maximum Gasteiger partial charge on any atom is 0.165 e. The molecule has 112 valence electrons. The average Bonchev–Trinajstić information content (AvgIpc) is 2.41. The Bertz CT molecular complexity index is 624. The third-order valence-electron chi connectivity index (χ3n) is 2.78. The van der Waals surface area contributed by atoms with Gasteiger partial charge in [-0.3, -0.25) is 4.98 Å². The van der Waals surface area contributed by atoms with E-state index in [0.717, 1.165) is 23.8 Å². The lowest BCUT2D eigenvalue weighted by Gasteiger charge is -2.21. The molecule has 0 aliphatic heterocycles. The molecule has 0 aliphatic carbocycles. The average molecular weight is 292 g/mol. The Morgan fingerprint density at radius 1 is 1.14 bits per heavy atom. The zero-order valence-corrected chi connectivity index (χ0v) is 12.3. The molecule has 21 heavy (non-hydrogen) atoms. The fourth-order valence-electron chi connectivity index (χ4n) is 1.68. The van der Waals surface area contributed by atoms with Crippen molar-refractivity contribution in [1.82, 2.24) is 10.3 Å². The maximum atomic E-state index is 13.6. The zero-order valence-electron chi connectivity index (χ0n) is 12.3. The molecule has 0 fully saturated rings. The quantitative estimate of drug-likeness (QED) is 0.923. The van der Waals surface area contributed by atoms with Crippen LogP contribution in [0.4, 0.5) is 8.78 Å². The number of hydrogen-bond donors (Lipinski definition) is 1. The molecule has 0 aliphatic rings. The molecule has 5 heteroatoms. The van der Waals surface area contributed by atoms with Gasteiger partial charge in [0.1, 0.15) is 11.6 Å². The zero-order chi connectivity index (χ0) is 15.5. The van der Waals surface area contributed by atoms with Crippen molar-refractivity contribution in [2.75, 3.05) is 0 Å². The van der Waals surface area contributed by atoms with E-state index in [-0.39, 0.29) is 11.3 Å². The van der Waals surface area contributed by atoms with Gasteiger partial charge in [0.2, 0.25) is 0 Å². The molecule has 2 aromatic rings. The Balaban J connectivity index is 2.22. The lowest BCUT2D eigenvalue weighted by molar-refractivity contribution is 0.405. The Kier molecular flexibility index (Phi) is 4.53. The van der Waals surface area contributed by atoms with Crippen LogP contribution in [0.15, 0.2) is 36.7 Å². The van der Waals surface area contributed by atoms with Crippen LogP contribution in [0, 0.1) is 11.6 Å². The molecule has 0 bridgehead atoms. The fourth-order valence-corrected chi connectivity index (χ4v) is 1.68. The summed E-state index contributed by atoms with van der Waals surface area (Å²) in [4.78, 5) is 4.04. The highest BCUT2D eigenvalue weighted by molar-refractivity contribution is 5.36. The summed E-state index contributed by atoms with van der Waals surface area (Å²) in [5.41, 5.74) is 0.702. The molecule has 1 N–H and O–H groups in total. The van der Waals surface area contributed by atoms with Crippen LogP contribution in [-0.2, 0) is 6.54 Å². The summed E-state index contributed by atoms with van der Waals surface area (Å²) >= 11 is 0. The number of pyridine rings is 1. The number of benzene rings is 1. The lowest BCUT2D eigenvalue weighted by atomic mass is 10.1. The van der Waals surface area contributed by atoms with Crippen LogP contribution in [0.25, 0.3) is 0 Å². The van der Waals surface area contributed by atoms with Gasteiger partial charge in [0.05, 0.1) is 0 Å². The molecule has 0 atom stereocenters. The number of ether oxygens (including phenoxy) is 1. The van der Waals surface area contributed by atoms with Crippen LogP contribution in [0.5, 0.6) is 11.5 Å². The molecule has 1 heterocycles. The summed E-state index contributed by atoms with van der Waals surface area (Å²) in [6.07, 6.45) is 3.19. The topological polar surface area (TPSA) is 34.2 Å². The smallest absolute Gasteiger partial charge is 0.165 e. The molecule has 3 nitrogen and oxygen atoms in total. The lowest BCUT2D eigenvalue weighted by Crippen LogP contribution is -2.35. The number of nitrogens with one attached hydrogen (secondary N) is 1. The van der Waals surface area contributed by atoms with Crippen molar-refractivity contribution < 1.29 is 13.5 Å². The molecule has 2 rings (SSSR count). The van der Waals surface area contributed by atoms with Crippen LogP contribution < -0.4 is 10.1 Å². The first-order valence-electron chi connectivity index (χ1n) is 6.66. The van der Waals surface area contributed by atoms with Crippen molar-refractivity contribution in [3.63, 3.8) is 0 Å². The molecule has 0 amide bonds. The second kappa shape index (κ2) is 6.18. The third kappa shape index (κ3) is 4.49.